The van der Waals surface area contributed by atoms with E-state index < -0.39 is 23.3 Å². The van der Waals surface area contributed by atoms with Crippen LogP contribution >= 0.6 is 0 Å². The molecule has 0 saturated heterocycles. The maximum Gasteiger partial charge on any atom is 0.342 e. The first-order chi connectivity index (χ1) is 17.2. The van der Waals surface area contributed by atoms with Crippen molar-refractivity contribution in [2.24, 2.45) is 11.8 Å². The van der Waals surface area contributed by atoms with Gasteiger partial charge in [-0.3, -0.25) is 14.4 Å². The maximum absolute atomic E-state index is 13.9. The third-order valence-corrected chi connectivity index (χ3v) is 7.04. The highest BCUT2D eigenvalue weighted by Gasteiger charge is 2.34. The number of aromatic nitrogens is 4. The molecule has 0 spiro atoms. The minimum Gasteiger partial charge on any atom is -0.304 e. The van der Waals surface area contributed by atoms with E-state index in [0.717, 1.165) is 20.6 Å². The molecule has 0 aliphatic rings. The molecule has 0 aliphatic carbocycles. The summed E-state index contributed by atoms with van der Waals surface area (Å²) in [5.74, 6) is -1.24. The Morgan fingerprint density at radius 1 is 0.833 bits per heavy atom. The van der Waals surface area contributed by atoms with Gasteiger partial charge in [0, 0.05) is 35.5 Å². The second-order valence-electron chi connectivity index (χ2n) is 9.03. The summed E-state index contributed by atoms with van der Waals surface area (Å²) in [7, 11) is 0. The number of rotatable bonds is 10. The predicted octanol–water partition coefficient (Wildman–Crippen LogP) is 5.09. The van der Waals surface area contributed by atoms with Crippen LogP contribution in [0.4, 0.5) is 0 Å². The van der Waals surface area contributed by atoms with Crippen LogP contribution < -0.4 is 5.69 Å². The average molecular weight is 493 g/mol. The van der Waals surface area contributed by atoms with Crippen molar-refractivity contribution in [3.05, 3.63) is 69.9 Å². The lowest BCUT2D eigenvalue weighted by Crippen LogP contribution is -2.38. The normalized spacial score (nSPS) is 11.4. The van der Waals surface area contributed by atoms with E-state index in [1.165, 1.54) is 0 Å². The topological polar surface area (TPSA) is 96.0 Å². The summed E-state index contributed by atoms with van der Waals surface area (Å²) >= 11 is 0. The smallest absolute Gasteiger partial charge is 0.304 e. The van der Waals surface area contributed by atoms with E-state index in [1.807, 2.05) is 45.4 Å². The van der Waals surface area contributed by atoms with Gasteiger partial charge in [-0.15, -0.1) is 0 Å². The Kier molecular flexibility index (Phi) is 8.61. The summed E-state index contributed by atoms with van der Waals surface area (Å²) in [6.45, 7) is 11.2. The molecule has 3 rings (SSSR count). The molecule has 0 amide bonds. The van der Waals surface area contributed by atoms with E-state index in [1.54, 1.807) is 37.4 Å². The largest absolute Gasteiger partial charge is 0.342 e. The molecule has 192 valence electrons. The van der Waals surface area contributed by atoms with E-state index in [-0.39, 0.29) is 29.6 Å². The number of aryl methyl sites for hydroxylation is 1. The van der Waals surface area contributed by atoms with Crippen LogP contribution in [0.25, 0.3) is 5.69 Å². The number of carbonyl (C=O) groups is 3. The van der Waals surface area contributed by atoms with Crippen molar-refractivity contribution in [3.8, 4) is 5.69 Å². The Hall–Kier alpha value is -3.55. The molecule has 8 nitrogen and oxygen atoms in total. The zero-order valence-corrected chi connectivity index (χ0v) is 22.1. The maximum atomic E-state index is 13.9. The van der Waals surface area contributed by atoms with Gasteiger partial charge >= 0.3 is 5.69 Å². The molecule has 36 heavy (non-hydrogen) atoms. The van der Waals surface area contributed by atoms with Gasteiger partial charge in [-0.2, -0.15) is 0 Å². The molecule has 2 aromatic heterocycles. The second-order valence-corrected chi connectivity index (χ2v) is 9.03. The minimum absolute atomic E-state index is 0.00901. The fourth-order valence-corrected chi connectivity index (χ4v) is 4.74. The first kappa shape index (κ1) is 27.0. The average Bonchev–Trinajstić information content (AvgIpc) is 3.44. The number of hydrogen-bond acceptors (Lipinski definition) is 5. The first-order valence-corrected chi connectivity index (χ1v) is 12.8. The van der Waals surface area contributed by atoms with Gasteiger partial charge in [0.25, 0.3) is 0 Å². The zero-order valence-electron chi connectivity index (χ0n) is 22.1. The van der Waals surface area contributed by atoms with Gasteiger partial charge in [-0.1, -0.05) is 34.6 Å². The molecule has 0 unspecified atom stereocenters. The molecule has 0 bridgehead atoms. The summed E-state index contributed by atoms with van der Waals surface area (Å²) in [4.78, 5) is 58.6. The van der Waals surface area contributed by atoms with Gasteiger partial charge < -0.3 is 4.57 Å². The van der Waals surface area contributed by atoms with Crippen LogP contribution in [0.2, 0.25) is 0 Å². The Labute approximate surface area is 212 Å². The predicted molar refractivity (Wildman–Crippen MR) is 139 cm³/mol. The number of benzene rings is 1. The van der Waals surface area contributed by atoms with E-state index in [0.29, 0.717) is 31.2 Å². The van der Waals surface area contributed by atoms with Crippen LogP contribution in [-0.2, 0) is 6.42 Å². The van der Waals surface area contributed by atoms with Gasteiger partial charge in [0.2, 0.25) is 17.6 Å². The third kappa shape index (κ3) is 4.76. The number of carbonyl (C=O) groups excluding carboxylic acids is 3. The second kappa shape index (κ2) is 11.5. The van der Waals surface area contributed by atoms with Gasteiger partial charge in [0.05, 0.1) is 5.69 Å². The minimum atomic E-state index is -0.741. The van der Waals surface area contributed by atoms with Crippen molar-refractivity contribution in [1.29, 1.82) is 0 Å². The van der Waals surface area contributed by atoms with Gasteiger partial charge in [0.1, 0.15) is 11.5 Å². The van der Waals surface area contributed by atoms with Crippen molar-refractivity contribution in [2.45, 2.75) is 73.6 Å². The Morgan fingerprint density at radius 3 is 1.81 bits per heavy atom. The quantitative estimate of drug-likeness (QED) is 0.367. The van der Waals surface area contributed by atoms with Crippen molar-refractivity contribution in [2.75, 3.05) is 0 Å². The first-order valence-electron chi connectivity index (χ1n) is 12.8. The molecule has 1 aromatic carbocycles. The number of nitrogens with zero attached hydrogens (tertiary/aromatic N) is 4. The van der Waals surface area contributed by atoms with Crippen molar-refractivity contribution in [1.82, 2.24) is 18.7 Å². The fraction of sp³-hybridized carbons (Fsp3) is 0.464. The van der Waals surface area contributed by atoms with Gasteiger partial charge in [-0.05, 0) is 63.3 Å². The molecule has 0 atom stereocenters. The van der Waals surface area contributed by atoms with Crippen LogP contribution in [-0.4, -0.2) is 36.3 Å². The highest BCUT2D eigenvalue weighted by molar-refractivity contribution is 6.11. The van der Waals surface area contributed by atoms with Crippen molar-refractivity contribution < 1.29 is 14.4 Å². The Bertz CT molecular complexity index is 1300. The van der Waals surface area contributed by atoms with E-state index in [9.17, 15) is 19.2 Å². The molecular weight excluding hydrogens is 456 g/mol. The molecular formula is C28H36N4O4. The molecule has 0 N–H and O–H groups in total. The fourth-order valence-electron chi connectivity index (χ4n) is 4.74. The third-order valence-electron chi connectivity index (χ3n) is 7.04. The molecule has 0 aliphatic heterocycles. The Balaban J connectivity index is 2.22. The van der Waals surface area contributed by atoms with E-state index in [2.05, 4.69) is 4.98 Å². The standard InChI is InChI=1S/C28H36N4O4/c1-7-19(8-2)26(34)31-23(11-5)24(32(28(31)36)27(35)20(9-3)10-4)25(33)21-12-14-22(15-13-21)30-17-16-29-18(30)6/h12-17,19-20H,7-11H2,1-6H3. The molecule has 2 heterocycles. The monoisotopic (exact) mass is 492 g/mol. The summed E-state index contributed by atoms with van der Waals surface area (Å²) in [6, 6.07) is 6.94. The number of hydrogen-bond donors (Lipinski definition) is 0. The van der Waals surface area contributed by atoms with Crippen LogP contribution in [0.3, 0.4) is 0 Å². The van der Waals surface area contributed by atoms with Gasteiger partial charge in [-0.25, -0.2) is 18.9 Å². The molecule has 0 fully saturated rings. The van der Waals surface area contributed by atoms with Crippen molar-refractivity contribution in [3.63, 3.8) is 0 Å². The summed E-state index contributed by atoms with van der Waals surface area (Å²) in [5, 5.41) is 0. The van der Waals surface area contributed by atoms with Gasteiger partial charge in [0.15, 0.2) is 0 Å². The SMILES string of the molecule is CCc1c(C(=O)c2ccc(-n3ccnc3C)cc2)n(C(=O)C(CC)CC)c(=O)n1C(=O)C(CC)CC. The van der Waals surface area contributed by atoms with Crippen LogP contribution in [0.5, 0.6) is 0 Å². The molecule has 8 heteroatoms. The summed E-state index contributed by atoms with van der Waals surface area (Å²) in [6.07, 6.45) is 5.98. The van der Waals surface area contributed by atoms with E-state index in [4.69, 9.17) is 0 Å². The summed E-state index contributed by atoms with van der Waals surface area (Å²) < 4.78 is 3.94. The highest BCUT2D eigenvalue weighted by atomic mass is 16.2. The van der Waals surface area contributed by atoms with E-state index >= 15 is 0 Å². The lowest BCUT2D eigenvalue weighted by atomic mass is 10.0. The molecule has 3 aromatic rings. The zero-order chi connectivity index (χ0) is 26.6. The Morgan fingerprint density at radius 2 is 1.36 bits per heavy atom. The van der Waals surface area contributed by atoms with Crippen LogP contribution in [0.15, 0.2) is 41.5 Å². The number of imidazole rings is 2. The van der Waals surface area contributed by atoms with Crippen LogP contribution in [0.1, 0.15) is 97.5 Å². The lowest BCUT2D eigenvalue weighted by Gasteiger charge is -2.14. The molecule has 0 saturated carbocycles. The lowest BCUT2D eigenvalue weighted by molar-refractivity contribution is 0.0799. The number of ketones is 1. The highest BCUT2D eigenvalue weighted by Crippen LogP contribution is 2.22. The molecule has 0 radical (unpaired) electrons. The van der Waals surface area contributed by atoms with Crippen molar-refractivity contribution >= 4 is 17.6 Å². The summed E-state index contributed by atoms with van der Waals surface area (Å²) in [5.41, 5.74) is 0.712. The van der Waals surface area contributed by atoms with Crippen LogP contribution in [0, 0.1) is 18.8 Å².